The first kappa shape index (κ1) is 20.2. The Labute approximate surface area is 170 Å². The number of nitrogens with zero attached hydrogens (tertiary/aromatic N) is 3. The standard InChI is InChI=1S/C23H24N4O2/c28-22(26-13-11-19-7-3-1-4-8-19)12-16-27(18-20-9-5-2-6-10-20)23(29)21-17-24-14-15-25-21/h1-10,14-15,17H,11-13,16,18H2,(H,26,28). The van der Waals surface area contributed by atoms with E-state index in [9.17, 15) is 9.59 Å². The molecule has 1 N–H and O–H groups in total. The van der Waals surface area contributed by atoms with Crippen molar-refractivity contribution in [2.75, 3.05) is 13.1 Å². The van der Waals surface area contributed by atoms with Crippen LogP contribution in [0.4, 0.5) is 0 Å². The molecule has 6 nitrogen and oxygen atoms in total. The summed E-state index contributed by atoms with van der Waals surface area (Å²) in [5.41, 5.74) is 2.44. The molecule has 148 valence electrons. The summed E-state index contributed by atoms with van der Waals surface area (Å²) in [7, 11) is 0. The fraction of sp³-hybridized carbons (Fsp3) is 0.217. The highest BCUT2D eigenvalue weighted by atomic mass is 16.2. The van der Waals surface area contributed by atoms with Crippen molar-refractivity contribution >= 4 is 11.8 Å². The van der Waals surface area contributed by atoms with Gasteiger partial charge in [0.15, 0.2) is 0 Å². The van der Waals surface area contributed by atoms with E-state index in [2.05, 4.69) is 15.3 Å². The predicted molar refractivity (Wildman–Crippen MR) is 111 cm³/mol. The van der Waals surface area contributed by atoms with Gasteiger partial charge in [-0.3, -0.25) is 14.6 Å². The largest absolute Gasteiger partial charge is 0.356 e. The summed E-state index contributed by atoms with van der Waals surface area (Å²) in [6.07, 6.45) is 5.47. The lowest BCUT2D eigenvalue weighted by atomic mass is 10.1. The van der Waals surface area contributed by atoms with Crippen LogP contribution < -0.4 is 5.32 Å². The van der Waals surface area contributed by atoms with Crippen LogP contribution in [0, 0.1) is 0 Å². The van der Waals surface area contributed by atoms with Crippen LogP contribution in [-0.4, -0.2) is 39.8 Å². The first-order valence-corrected chi connectivity index (χ1v) is 9.62. The summed E-state index contributed by atoms with van der Waals surface area (Å²) in [5, 5.41) is 2.92. The van der Waals surface area contributed by atoms with Gasteiger partial charge in [0, 0.05) is 38.4 Å². The van der Waals surface area contributed by atoms with Crippen LogP contribution in [0.25, 0.3) is 0 Å². The minimum atomic E-state index is -0.237. The highest BCUT2D eigenvalue weighted by Gasteiger charge is 2.18. The number of carbonyl (C=O) groups excluding carboxylic acids is 2. The molecule has 3 aromatic rings. The van der Waals surface area contributed by atoms with Crippen LogP contribution in [0.5, 0.6) is 0 Å². The molecule has 29 heavy (non-hydrogen) atoms. The number of nitrogens with one attached hydrogen (secondary N) is 1. The summed E-state index contributed by atoms with van der Waals surface area (Å²) in [4.78, 5) is 34.8. The van der Waals surface area contributed by atoms with Gasteiger partial charge in [0.2, 0.25) is 5.91 Å². The molecular weight excluding hydrogens is 364 g/mol. The third kappa shape index (κ3) is 6.53. The third-order valence-corrected chi connectivity index (χ3v) is 4.47. The monoisotopic (exact) mass is 388 g/mol. The van der Waals surface area contributed by atoms with Crippen LogP contribution in [-0.2, 0) is 17.8 Å². The smallest absolute Gasteiger partial charge is 0.274 e. The fourth-order valence-corrected chi connectivity index (χ4v) is 2.94. The van der Waals surface area contributed by atoms with E-state index in [4.69, 9.17) is 0 Å². The first-order valence-electron chi connectivity index (χ1n) is 9.62. The molecule has 0 bridgehead atoms. The molecule has 0 saturated carbocycles. The molecule has 3 rings (SSSR count). The second-order valence-corrected chi connectivity index (χ2v) is 6.64. The summed E-state index contributed by atoms with van der Waals surface area (Å²) in [6.45, 7) is 1.29. The number of amides is 2. The lowest BCUT2D eigenvalue weighted by Gasteiger charge is -2.22. The molecule has 0 saturated heterocycles. The van der Waals surface area contributed by atoms with Gasteiger partial charge < -0.3 is 10.2 Å². The molecule has 0 aliphatic heterocycles. The molecule has 1 aromatic heterocycles. The molecule has 0 spiro atoms. The highest BCUT2D eigenvalue weighted by molar-refractivity contribution is 5.92. The maximum absolute atomic E-state index is 12.9. The summed E-state index contributed by atoms with van der Waals surface area (Å²) in [6, 6.07) is 19.7. The Morgan fingerprint density at radius 1 is 0.897 bits per heavy atom. The Balaban J connectivity index is 1.56. The number of hydrogen-bond donors (Lipinski definition) is 1. The average Bonchev–Trinajstić information content (AvgIpc) is 2.78. The van der Waals surface area contributed by atoms with E-state index in [1.807, 2.05) is 60.7 Å². The van der Waals surface area contributed by atoms with Gasteiger partial charge in [0.1, 0.15) is 5.69 Å². The minimum Gasteiger partial charge on any atom is -0.356 e. The van der Waals surface area contributed by atoms with Crippen molar-refractivity contribution < 1.29 is 9.59 Å². The Hall–Kier alpha value is -3.54. The van der Waals surface area contributed by atoms with E-state index in [1.54, 1.807) is 4.90 Å². The molecule has 0 fully saturated rings. The zero-order chi connectivity index (χ0) is 20.3. The van der Waals surface area contributed by atoms with E-state index in [0.717, 1.165) is 12.0 Å². The minimum absolute atomic E-state index is 0.0778. The van der Waals surface area contributed by atoms with Crippen molar-refractivity contribution in [3.63, 3.8) is 0 Å². The van der Waals surface area contributed by atoms with Gasteiger partial charge in [-0.15, -0.1) is 0 Å². The zero-order valence-corrected chi connectivity index (χ0v) is 16.2. The second-order valence-electron chi connectivity index (χ2n) is 6.64. The lowest BCUT2D eigenvalue weighted by Crippen LogP contribution is -2.35. The Morgan fingerprint density at radius 2 is 1.59 bits per heavy atom. The zero-order valence-electron chi connectivity index (χ0n) is 16.2. The van der Waals surface area contributed by atoms with Gasteiger partial charge in [-0.2, -0.15) is 0 Å². The summed E-state index contributed by atoms with van der Waals surface area (Å²) < 4.78 is 0. The Bertz CT molecular complexity index is 902. The summed E-state index contributed by atoms with van der Waals surface area (Å²) in [5.74, 6) is -0.315. The molecule has 0 radical (unpaired) electrons. The molecule has 1 heterocycles. The number of aromatic nitrogens is 2. The van der Waals surface area contributed by atoms with Crippen LogP contribution in [0.2, 0.25) is 0 Å². The molecule has 6 heteroatoms. The van der Waals surface area contributed by atoms with E-state index in [1.165, 1.54) is 24.2 Å². The molecule has 0 atom stereocenters. The second kappa shape index (κ2) is 10.7. The highest BCUT2D eigenvalue weighted by Crippen LogP contribution is 2.09. The fourth-order valence-electron chi connectivity index (χ4n) is 2.94. The normalized spacial score (nSPS) is 10.3. The maximum atomic E-state index is 12.9. The molecule has 0 aliphatic carbocycles. The van der Waals surface area contributed by atoms with Gasteiger partial charge in [-0.25, -0.2) is 4.98 Å². The molecule has 0 unspecified atom stereocenters. The van der Waals surface area contributed by atoms with Crippen molar-refractivity contribution in [2.24, 2.45) is 0 Å². The topological polar surface area (TPSA) is 75.2 Å². The third-order valence-electron chi connectivity index (χ3n) is 4.47. The van der Waals surface area contributed by atoms with Crippen molar-refractivity contribution in [2.45, 2.75) is 19.4 Å². The average molecular weight is 388 g/mol. The number of hydrogen-bond acceptors (Lipinski definition) is 4. The quantitative estimate of drug-likeness (QED) is 0.612. The van der Waals surface area contributed by atoms with Crippen LogP contribution >= 0.6 is 0 Å². The number of benzene rings is 2. The predicted octanol–water partition coefficient (Wildman–Crippen LogP) is 2.87. The maximum Gasteiger partial charge on any atom is 0.274 e. The van der Waals surface area contributed by atoms with E-state index in [-0.39, 0.29) is 23.9 Å². The van der Waals surface area contributed by atoms with Gasteiger partial charge in [-0.1, -0.05) is 60.7 Å². The molecule has 0 aliphatic rings. The van der Waals surface area contributed by atoms with Crippen LogP contribution in [0.15, 0.2) is 79.3 Å². The van der Waals surface area contributed by atoms with Gasteiger partial charge in [0.05, 0.1) is 6.20 Å². The molecule has 2 amide bonds. The van der Waals surface area contributed by atoms with Crippen molar-refractivity contribution in [3.05, 3.63) is 96.1 Å². The van der Waals surface area contributed by atoms with Crippen LogP contribution in [0.1, 0.15) is 28.0 Å². The van der Waals surface area contributed by atoms with E-state index >= 15 is 0 Å². The van der Waals surface area contributed by atoms with E-state index in [0.29, 0.717) is 19.6 Å². The SMILES string of the molecule is O=C(CCN(Cc1ccccc1)C(=O)c1cnccn1)NCCc1ccccc1. The van der Waals surface area contributed by atoms with E-state index < -0.39 is 0 Å². The lowest BCUT2D eigenvalue weighted by molar-refractivity contribution is -0.121. The van der Waals surface area contributed by atoms with Crippen molar-refractivity contribution in [3.8, 4) is 0 Å². The molecular formula is C23H24N4O2. The van der Waals surface area contributed by atoms with Crippen molar-refractivity contribution in [1.82, 2.24) is 20.2 Å². The summed E-state index contributed by atoms with van der Waals surface area (Å²) >= 11 is 0. The van der Waals surface area contributed by atoms with Gasteiger partial charge >= 0.3 is 0 Å². The first-order chi connectivity index (χ1) is 14.2. The Kier molecular flexibility index (Phi) is 7.46. The Morgan fingerprint density at radius 3 is 2.24 bits per heavy atom. The van der Waals surface area contributed by atoms with Crippen LogP contribution in [0.3, 0.4) is 0 Å². The van der Waals surface area contributed by atoms with Crippen molar-refractivity contribution in [1.29, 1.82) is 0 Å². The molecule has 2 aromatic carbocycles. The number of rotatable bonds is 9. The van der Waals surface area contributed by atoms with Gasteiger partial charge in [-0.05, 0) is 17.5 Å². The van der Waals surface area contributed by atoms with Gasteiger partial charge in [0.25, 0.3) is 5.91 Å². The number of carbonyl (C=O) groups is 2.